The molecule has 6 heteroatoms. The first-order valence-electron chi connectivity index (χ1n) is 3.45. The summed E-state index contributed by atoms with van der Waals surface area (Å²) < 4.78 is -0.957. The van der Waals surface area contributed by atoms with Gasteiger partial charge in [0.2, 0.25) is 0 Å². The summed E-state index contributed by atoms with van der Waals surface area (Å²) in [6, 6.07) is 0. The predicted molar refractivity (Wildman–Crippen MR) is 71.7 cm³/mol. The summed E-state index contributed by atoms with van der Waals surface area (Å²) in [7, 11) is 0. The van der Waals surface area contributed by atoms with Crippen LogP contribution in [0.1, 0.15) is 13.8 Å². The van der Waals surface area contributed by atoms with E-state index in [1.807, 2.05) is 13.8 Å². The highest BCUT2D eigenvalue weighted by molar-refractivity contribution is 9.39. The van der Waals surface area contributed by atoms with E-state index in [-0.39, 0.29) is 21.9 Å². The molecule has 1 nitrogen and oxygen atoms in total. The van der Waals surface area contributed by atoms with Crippen LogP contribution in [0.4, 0.5) is 0 Å². The normalized spacial score (nSPS) is 15.6. The molecule has 0 spiro atoms. The summed E-state index contributed by atoms with van der Waals surface area (Å²) in [5.41, 5.74) is 0. The molecule has 0 heterocycles. The monoisotopic (exact) mass is 460 g/mol. The van der Waals surface area contributed by atoms with Crippen LogP contribution in [-0.4, -0.2) is 18.1 Å². The van der Waals surface area contributed by atoms with Crippen LogP contribution in [0.2, 0.25) is 0 Å². The van der Waals surface area contributed by atoms with Crippen molar-refractivity contribution in [3.63, 3.8) is 0 Å². The minimum absolute atomic E-state index is 0.00421. The van der Waals surface area contributed by atoms with E-state index in [9.17, 15) is 4.79 Å². The first-order chi connectivity index (χ1) is 5.60. The molecule has 0 radical (unpaired) electrons. The van der Waals surface area contributed by atoms with Crippen molar-refractivity contribution in [3.8, 4) is 0 Å². The number of hydrogen-bond donors (Lipinski definition) is 0. The largest absolute Gasteiger partial charge is 0.298 e. The summed E-state index contributed by atoms with van der Waals surface area (Å²) in [4.78, 5) is 11.6. The van der Waals surface area contributed by atoms with Crippen LogP contribution in [0.3, 0.4) is 0 Å². The highest BCUT2D eigenvalue weighted by Gasteiger charge is 2.45. The standard InChI is InChI=1S/C7H9Br4ClO/c1-6(2,8)5(4(13)3-12)7(9,10)11/h5H,3H2,1-2H3. The quantitative estimate of drug-likeness (QED) is 0.566. The van der Waals surface area contributed by atoms with Crippen molar-refractivity contribution in [2.75, 3.05) is 5.88 Å². The van der Waals surface area contributed by atoms with Gasteiger partial charge < -0.3 is 0 Å². The Kier molecular flexibility index (Phi) is 6.05. The summed E-state index contributed by atoms with van der Waals surface area (Å²) in [5.74, 6) is -0.337. The fourth-order valence-electron chi connectivity index (χ4n) is 1.03. The molecule has 0 aromatic rings. The lowest BCUT2D eigenvalue weighted by Crippen LogP contribution is -2.41. The van der Waals surface area contributed by atoms with Crippen LogP contribution in [0, 0.1) is 5.92 Å². The highest BCUT2D eigenvalue weighted by atomic mass is 80.0. The number of hydrogen-bond acceptors (Lipinski definition) is 1. The van der Waals surface area contributed by atoms with Crippen LogP contribution in [0.25, 0.3) is 0 Å². The molecule has 0 aromatic heterocycles. The maximum absolute atomic E-state index is 11.6. The SMILES string of the molecule is CC(C)(Br)C(C(=O)CCl)C(Br)(Br)Br. The van der Waals surface area contributed by atoms with E-state index in [1.165, 1.54) is 0 Å². The summed E-state index contributed by atoms with van der Waals surface area (Å²) >= 11 is 19.0. The Labute approximate surface area is 117 Å². The lowest BCUT2D eigenvalue weighted by Gasteiger charge is -2.33. The van der Waals surface area contributed by atoms with Crippen LogP contribution in [-0.2, 0) is 4.79 Å². The minimum atomic E-state index is -0.619. The second-order valence-electron chi connectivity index (χ2n) is 3.14. The first-order valence-corrected chi connectivity index (χ1v) is 7.15. The molecule has 0 aliphatic carbocycles. The van der Waals surface area contributed by atoms with Gasteiger partial charge in [0.15, 0.2) is 5.78 Å². The van der Waals surface area contributed by atoms with E-state index < -0.39 is 2.14 Å². The third-order valence-electron chi connectivity index (χ3n) is 1.47. The molecule has 13 heavy (non-hydrogen) atoms. The van der Waals surface area contributed by atoms with Gasteiger partial charge in [-0.1, -0.05) is 63.7 Å². The summed E-state index contributed by atoms with van der Waals surface area (Å²) in [6.07, 6.45) is 0. The average molecular weight is 464 g/mol. The summed E-state index contributed by atoms with van der Waals surface area (Å²) in [5, 5.41) is 0. The molecule has 0 fully saturated rings. The molecule has 0 N–H and O–H groups in total. The molecule has 0 aliphatic heterocycles. The van der Waals surface area contributed by atoms with Gasteiger partial charge >= 0.3 is 0 Å². The molecular weight excluding hydrogens is 455 g/mol. The van der Waals surface area contributed by atoms with E-state index >= 15 is 0 Å². The van der Waals surface area contributed by atoms with Crippen molar-refractivity contribution >= 4 is 81.1 Å². The van der Waals surface area contributed by atoms with Crippen LogP contribution in [0.5, 0.6) is 0 Å². The Morgan fingerprint density at radius 1 is 1.31 bits per heavy atom. The van der Waals surface area contributed by atoms with E-state index in [4.69, 9.17) is 11.6 Å². The van der Waals surface area contributed by atoms with Gasteiger partial charge in [0.05, 0.1) is 11.8 Å². The van der Waals surface area contributed by atoms with Crippen molar-refractivity contribution in [3.05, 3.63) is 0 Å². The smallest absolute Gasteiger partial charge is 0.155 e. The Morgan fingerprint density at radius 3 is 1.77 bits per heavy atom. The lowest BCUT2D eigenvalue weighted by atomic mass is 9.94. The number of Topliss-reactive ketones (excluding diaryl/α,β-unsaturated/α-hetero) is 1. The van der Waals surface area contributed by atoms with Crippen LogP contribution < -0.4 is 0 Å². The Hall–Kier alpha value is 1.88. The van der Waals surface area contributed by atoms with Crippen LogP contribution in [0.15, 0.2) is 0 Å². The Morgan fingerprint density at radius 2 is 1.69 bits per heavy atom. The average Bonchev–Trinajstić information content (AvgIpc) is 1.80. The fraction of sp³-hybridized carbons (Fsp3) is 0.857. The number of alkyl halides is 5. The Balaban J connectivity index is 4.89. The van der Waals surface area contributed by atoms with Gasteiger partial charge in [-0.05, 0) is 13.8 Å². The molecule has 0 saturated heterocycles. The van der Waals surface area contributed by atoms with Crippen molar-refractivity contribution in [1.29, 1.82) is 0 Å². The maximum atomic E-state index is 11.6. The van der Waals surface area contributed by atoms with Gasteiger partial charge in [-0.15, -0.1) is 11.6 Å². The lowest BCUT2D eigenvalue weighted by molar-refractivity contribution is -0.120. The highest BCUT2D eigenvalue weighted by Crippen LogP contribution is 2.49. The number of carbonyl (C=O) groups is 1. The molecule has 1 unspecified atom stereocenters. The molecule has 0 aliphatic rings. The van der Waals surface area contributed by atoms with Crippen molar-refractivity contribution in [2.45, 2.75) is 20.3 Å². The molecule has 0 saturated carbocycles. The Bertz CT molecular complexity index is 180. The third-order valence-corrected chi connectivity index (χ3v) is 3.56. The van der Waals surface area contributed by atoms with Crippen LogP contribution >= 0.6 is 75.3 Å². The van der Waals surface area contributed by atoms with Gasteiger partial charge in [0.1, 0.15) is 2.14 Å². The van der Waals surface area contributed by atoms with Gasteiger partial charge in [-0.25, -0.2) is 0 Å². The molecule has 0 rings (SSSR count). The van der Waals surface area contributed by atoms with Crippen molar-refractivity contribution in [1.82, 2.24) is 0 Å². The van der Waals surface area contributed by atoms with Gasteiger partial charge in [-0.2, -0.15) is 0 Å². The second kappa shape index (κ2) is 5.28. The number of rotatable bonds is 3. The van der Waals surface area contributed by atoms with E-state index in [2.05, 4.69) is 63.7 Å². The minimum Gasteiger partial charge on any atom is -0.298 e. The van der Waals surface area contributed by atoms with Gasteiger partial charge in [0, 0.05) is 4.32 Å². The number of halogens is 5. The first kappa shape index (κ1) is 14.9. The maximum Gasteiger partial charge on any atom is 0.155 e. The topological polar surface area (TPSA) is 17.1 Å². The van der Waals surface area contributed by atoms with Crippen molar-refractivity contribution < 1.29 is 4.79 Å². The fourth-order valence-corrected chi connectivity index (χ4v) is 5.19. The predicted octanol–water partition coefficient (Wildman–Crippen LogP) is 4.42. The van der Waals surface area contributed by atoms with E-state index in [0.29, 0.717) is 0 Å². The molecule has 0 amide bonds. The zero-order valence-corrected chi connectivity index (χ0v) is 14.2. The van der Waals surface area contributed by atoms with E-state index in [0.717, 1.165) is 0 Å². The van der Waals surface area contributed by atoms with E-state index in [1.54, 1.807) is 0 Å². The van der Waals surface area contributed by atoms with Crippen molar-refractivity contribution in [2.24, 2.45) is 5.92 Å². The second-order valence-corrected chi connectivity index (χ2v) is 12.4. The molecule has 0 aromatic carbocycles. The number of ketones is 1. The van der Waals surface area contributed by atoms with Gasteiger partial charge in [0.25, 0.3) is 0 Å². The molecule has 0 bridgehead atoms. The van der Waals surface area contributed by atoms with Gasteiger partial charge in [-0.3, -0.25) is 4.79 Å². The zero-order valence-electron chi connectivity index (χ0n) is 7.08. The third kappa shape index (κ3) is 4.96. The number of carbonyl (C=O) groups excluding carboxylic acids is 1. The summed E-state index contributed by atoms with van der Waals surface area (Å²) in [6.45, 7) is 3.83. The zero-order chi connectivity index (χ0) is 10.9. The molecule has 78 valence electrons. The molecule has 1 atom stereocenters. The molecular formula is C7H9Br4ClO.